The van der Waals surface area contributed by atoms with Gasteiger partial charge in [-0.15, -0.1) is 0 Å². The zero-order valence-electron chi connectivity index (χ0n) is 9.84. The zero-order valence-corrected chi connectivity index (χ0v) is 12.2. The van der Waals surface area contributed by atoms with Crippen LogP contribution >= 0.6 is 15.9 Å². The molecular weight excluding hydrogens is 310 g/mol. The minimum absolute atomic E-state index is 0.189. The Morgan fingerprint density at radius 2 is 2.24 bits per heavy atom. The molecule has 1 rings (SSSR count). The second kappa shape index (κ2) is 6.48. The van der Waals surface area contributed by atoms with E-state index in [1.165, 1.54) is 21.3 Å². The number of alkyl halides is 1. The summed E-state index contributed by atoms with van der Waals surface area (Å²) in [5.41, 5.74) is 0. The normalized spacial score (nSPS) is 12.2. The maximum atomic E-state index is 12.3. The van der Waals surface area contributed by atoms with Gasteiger partial charge in [-0.05, 0) is 6.07 Å². The van der Waals surface area contributed by atoms with E-state index in [4.69, 9.17) is 4.74 Å². The maximum Gasteiger partial charge on any atom is 0.260 e. The molecule has 0 saturated heterocycles. The fraction of sp³-hybridized carbons (Fsp3) is 0.667. The summed E-state index contributed by atoms with van der Waals surface area (Å²) >= 11 is 3.25. The van der Waals surface area contributed by atoms with Crippen molar-refractivity contribution >= 4 is 26.0 Å². The predicted octanol–water partition coefficient (Wildman–Crippen LogP) is 0.452. The summed E-state index contributed by atoms with van der Waals surface area (Å²) in [6.45, 7) is 1.09. The standard InChI is InChI=1S/C9H16BrN3O3S/c1-12-9(3-5-11-12)17(14,15)13(6-4-10)7-8-16-2/h3,5H,4,6-8H2,1-2H3. The number of hydrogen-bond acceptors (Lipinski definition) is 4. The molecule has 6 nitrogen and oxygen atoms in total. The van der Waals surface area contributed by atoms with Crippen molar-refractivity contribution in [2.45, 2.75) is 5.03 Å². The van der Waals surface area contributed by atoms with Crippen molar-refractivity contribution in [3.8, 4) is 0 Å². The summed E-state index contributed by atoms with van der Waals surface area (Å²) < 4.78 is 32.2. The summed E-state index contributed by atoms with van der Waals surface area (Å²) in [6.07, 6.45) is 1.47. The van der Waals surface area contributed by atoms with Crippen molar-refractivity contribution in [1.82, 2.24) is 14.1 Å². The van der Waals surface area contributed by atoms with E-state index in [2.05, 4.69) is 21.0 Å². The molecule has 0 spiro atoms. The van der Waals surface area contributed by atoms with Crippen LogP contribution in [0, 0.1) is 0 Å². The summed E-state index contributed by atoms with van der Waals surface area (Å²) in [4.78, 5) is 0. The Kier molecular flexibility index (Phi) is 5.57. The lowest BCUT2D eigenvalue weighted by atomic mass is 10.6. The molecule has 0 fully saturated rings. The number of nitrogens with zero attached hydrogens (tertiary/aromatic N) is 3. The lowest BCUT2D eigenvalue weighted by Gasteiger charge is -2.20. The van der Waals surface area contributed by atoms with Crippen molar-refractivity contribution in [1.29, 1.82) is 0 Å². The molecule has 0 atom stereocenters. The molecular formula is C9H16BrN3O3S. The van der Waals surface area contributed by atoms with Crippen LogP contribution in [-0.4, -0.2) is 54.6 Å². The number of methoxy groups -OCH3 is 1. The van der Waals surface area contributed by atoms with Crippen LogP contribution in [0.15, 0.2) is 17.3 Å². The van der Waals surface area contributed by atoms with Gasteiger partial charge >= 0.3 is 0 Å². The molecule has 0 aliphatic heterocycles. The van der Waals surface area contributed by atoms with Gasteiger partial charge in [0, 0.05) is 32.6 Å². The van der Waals surface area contributed by atoms with Crippen molar-refractivity contribution in [2.75, 3.05) is 32.1 Å². The molecule has 0 radical (unpaired) electrons. The van der Waals surface area contributed by atoms with Crippen LogP contribution in [0.25, 0.3) is 0 Å². The number of sulfonamides is 1. The predicted molar refractivity (Wildman–Crippen MR) is 67.6 cm³/mol. The highest BCUT2D eigenvalue weighted by Gasteiger charge is 2.26. The molecule has 17 heavy (non-hydrogen) atoms. The van der Waals surface area contributed by atoms with Crippen LogP contribution < -0.4 is 0 Å². The maximum absolute atomic E-state index is 12.3. The molecule has 98 valence electrons. The molecule has 0 aromatic carbocycles. The van der Waals surface area contributed by atoms with Gasteiger partial charge in [0.2, 0.25) is 0 Å². The van der Waals surface area contributed by atoms with Gasteiger partial charge in [-0.1, -0.05) is 15.9 Å². The van der Waals surface area contributed by atoms with Gasteiger partial charge in [0.25, 0.3) is 10.0 Å². The Morgan fingerprint density at radius 3 is 2.71 bits per heavy atom. The number of halogens is 1. The second-order valence-electron chi connectivity index (χ2n) is 3.38. The first-order chi connectivity index (χ1) is 8.04. The van der Waals surface area contributed by atoms with Crippen LogP contribution in [0.3, 0.4) is 0 Å². The molecule has 0 bridgehead atoms. The Balaban J connectivity index is 2.96. The highest BCUT2D eigenvalue weighted by Crippen LogP contribution is 2.14. The lowest BCUT2D eigenvalue weighted by molar-refractivity contribution is 0.180. The third-order valence-corrected chi connectivity index (χ3v) is 4.59. The Labute approximate surface area is 110 Å². The summed E-state index contributed by atoms with van der Waals surface area (Å²) in [5, 5.41) is 4.64. The lowest BCUT2D eigenvalue weighted by Crippen LogP contribution is -2.36. The van der Waals surface area contributed by atoms with Gasteiger partial charge in [0.05, 0.1) is 12.8 Å². The highest BCUT2D eigenvalue weighted by atomic mass is 79.9. The summed E-state index contributed by atoms with van der Waals surface area (Å²) in [5.74, 6) is 0. The van der Waals surface area contributed by atoms with Gasteiger partial charge in [-0.3, -0.25) is 4.68 Å². The molecule has 0 unspecified atom stereocenters. The molecule has 1 aromatic rings. The zero-order chi connectivity index (χ0) is 12.9. The van der Waals surface area contributed by atoms with Gasteiger partial charge in [-0.2, -0.15) is 9.40 Å². The van der Waals surface area contributed by atoms with Crippen LogP contribution in [0.5, 0.6) is 0 Å². The van der Waals surface area contributed by atoms with E-state index in [9.17, 15) is 8.42 Å². The number of aryl methyl sites for hydroxylation is 1. The topological polar surface area (TPSA) is 64.4 Å². The van der Waals surface area contributed by atoms with E-state index >= 15 is 0 Å². The molecule has 1 heterocycles. The van der Waals surface area contributed by atoms with E-state index in [0.717, 1.165) is 0 Å². The van der Waals surface area contributed by atoms with Crippen molar-refractivity contribution in [2.24, 2.45) is 7.05 Å². The van der Waals surface area contributed by atoms with Gasteiger partial charge in [0.15, 0.2) is 5.03 Å². The fourth-order valence-electron chi connectivity index (χ4n) is 1.39. The molecule has 0 amide bonds. The fourth-order valence-corrected chi connectivity index (χ4v) is 3.57. The molecule has 0 aliphatic rings. The highest BCUT2D eigenvalue weighted by molar-refractivity contribution is 9.09. The first kappa shape index (κ1) is 14.6. The van der Waals surface area contributed by atoms with E-state index in [1.807, 2.05) is 0 Å². The smallest absolute Gasteiger partial charge is 0.260 e. The second-order valence-corrected chi connectivity index (χ2v) is 6.06. The Bertz CT molecular complexity index is 446. The van der Waals surface area contributed by atoms with E-state index < -0.39 is 10.0 Å². The average Bonchev–Trinajstić information content (AvgIpc) is 2.71. The van der Waals surface area contributed by atoms with Crippen LogP contribution in [0.4, 0.5) is 0 Å². The largest absolute Gasteiger partial charge is 0.383 e. The molecule has 8 heteroatoms. The van der Waals surface area contributed by atoms with Gasteiger partial charge in [0.1, 0.15) is 0 Å². The number of hydrogen-bond donors (Lipinski definition) is 0. The SMILES string of the molecule is COCCN(CCBr)S(=O)(=O)c1ccnn1C. The number of rotatable bonds is 7. The van der Waals surface area contributed by atoms with E-state index in [-0.39, 0.29) is 5.03 Å². The van der Waals surface area contributed by atoms with Crippen LogP contribution in [0.1, 0.15) is 0 Å². The average molecular weight is 326 g/mol. The quantitative estimate of drug-likeness (QED) is 0.683. The van der Waals surface area contributed by atoms with Crippen molar-refractivity contribution in [3.05, 3.63) is 12.3 Å². The Hall–Kier alpha value is -0.440. The van der Waals surface area contributed by atoms with E-state index in [0.29, 0.717) is 25.0 Å². The summed E-state index contributed by atoms with van der Waals surface area (Å²) in [6, 6.07) is 1.49. The van der Waals surface area contributed by atoms with Crippen LogP contribution in [-0.2, 0) is 21.8 Å². The molecule has 1 aromatic heterocycles. The first-order valence-electron chi connectivity index (χ1n) is 5.07. The Morgan fingerprint density at radius 1 is 1.53 bits per heavy atom. The monoisotopic (exact) mass is 325 g/mol. The number of ether oxygens (including phenoxy) is 1. The molecule has 0 N–H and O–H groups in total. The minimum atomic E-state index is -3.50. The van der Waals surface area contributed by atoms with Crippen LogP contribution in [0.2, 0.25) is 0 Å². The third kappa shape index (κ3) is 3.51. The van der Waals surface area contributed by atoms with Crippen molar-refractivity contribution in [3.63, 3.8) is 0 Å². The van der Waals surface area contributed by atoms with Gasteiger partial charge in [-0.25, -0.2) is 8.42 Å². The molecule has 0 saturated carbocycles. The molecule has 0 aliphatic carbocycles. The van der Waals surface area contributed by atoms with E-state index in [1.54, 1.807) is 14.2 Å². The van der Waals surface area contributed by atoms with Crippen molar-refractivity contribution < 1.29 is 13.2 Å². The summed E-state index contributed by atoms with van der Waals surface area (Å²) in [7, 11) is -0.348. The first-order valence-corrected chi connectivity index (χ1v) is 7.63. The third-order valence-electron chi connectivity index (χ3n) is 2.26. The minimum Gasteiger partial charge on any atom is -0.383 e. The number of aromatic nitrogens is 2. The van der Waals surface area contributed by atoms with Gasteiger partial charge < -0.3 is 4.74 Å².